The third-order valence-electron chi connectivity index (χ3n) is 2.50. The number of nitrogens with zero attached hydrogens (tertiary/aromatic N) is 1. The normalized spacial score (nSPS) is 11.4. The fourth-order valence-electron chi connectivity index (χ4n) is 1.53. The maximum Gasteiger partial charge on any atom is 0.433 e. The monoisotopic (exact) mass is 304 g/mol. The van der Waals surface area contributed by atoms with E-state index in [4.69, 9.17) is 11.6 Å². The largest absolute Gasteiger partial charge is 0.433 e. The fourth-order valence-corrected chi connectivity index (χ4v) is 1.74. The number of anilines is 1. The molecule has 1 N–H and O–H groups in total. The highest BCUT2D eigenvalue weighted by atomic mass is 35.5. The first-order valence-electron chi connectivity index (χ1n) is 5.58. The van der Waals surface area contributed by atoms with Crippen LogP contribution in [0.1, 0.15) is 11.3 Å². The van der Waals surface area contributed by atoms with Crippen molar-refractivity contribution in [1.82, 2.24) is 4.98 Å². The molecule has 0 unspecified atom stereocenters. The Bertz CT molecular complexity index is 614. The van der Waals surface area contributed by atoms with Crippen LogP contribution in [0.4, 0.5) is 23.4 Å². The Labute approximate surface area is 117 Å². The molecule has 20 heavy (non-hydrogen) atoms. The van der Waals surface area contributed by atoms with E-state index < -0.39 is 17.7 Å². The number of aromatic nitrogens is 1. The standard InChI is InChI=1S/C13H9ClF4N2/c14-9-6-8(4-5-10(9)15)7-19-12-3-1-2-11(20-12)13(16,17)18/h1-6H,7H2,(H,19,20). The molecule has 2 nitrogen and oxygen atoms in total. The number of hydrogen-bond donors (Lipinski definition) is 1. The second kappa shape index (κ2) is 5.66. The third-order valence-corrected chi connectivity index (χ3v) is 2.79. The first kappa shape index (κ1) is 14.6. The summed E-state index contributed by atoms with van der Waals surface area (Å²) in [4.78, 5) is 3.46. The van der Waals surface area contributed by atoms with Crippen molar-refractivity contribution < 1.29 is 17.6 Å². The molecule has 0 aliphatic carbocycles. The zero-order chi connectivity index (χ0) is 14.8. The molecule has 0 aliphatic rings. The summed E-state index contributed by atoms with van der Waals surface area (Å²) in [6.07, 6.45) is -4.49. The summed E-state index contributed by atoms with van der Waals surface area (Å²) in [7, 11) is 0. The van der Waals surface area contributed by atoms with Crippen molar-refractivity contribution in [2.75, 3.05) is 5.32 Å². The van der Waals surface area contributed by atoms with Crippen LogP contribution in [0.15, 0.2) is 36.4 Å². The predicted octanol–water partition coefficient (Wildman–Crippen LogP) is 4.51. The Morgan fingerprint density at radius 1 is 1.15 bits per heavy atom. The minimum atomic E-state index is -4.49. The Morgan fingerprint density at radius 3 is 2.55 bits per heavy atom. The highest BCUT2D eigenvalue weighted by molar-refractivity contribution is 6.30. The van der Waals surface area contributed by atoms with Gasteiger partial charge in [0.05, 0.1) is 5.02 Å². The van der Waals surface area contributed by atoms with Gasteiger partial charge >= 0.3 is 6.18 Å². The van der Waals surface area contributed by atoms with Gasteiger partial charge in [0.1, 0.15) is 17.3 Å². The third kappa shape index (κ3) is 3.60. The second-order valence-electron chi connectivity index (χ2n) is 4.01. The molecule has 0 bridgehead atoms. The van der Waals surface area contributed by atoms with Crippen LogP contribution in [0.5, 0.6) is 0 Å². The summed E-state index contributed by atoms with van der Waals surface area (Å²) >= 11 is 5.61. The van der Waals surface area contributed by atoms with Crippen LogP contribution in [0.3, 0.4) is 0 Å². The number of hydrogen-bond acceptors (Lipinski definition) is 2. The van der Waals surface area contributed by atoms with Gasteiger partial charge in [-0.3, -0.25) is 0 Å². The molecule has 2 rings (SSSR count). The molecule has 1 aromatic carbocycles. The van der Waals surface area contributed by atoms with Crippen LogP contribution in [0, 0.1) is 5.82 Å². The molecular formula is C13H9ClF4N2. The topological polar surface area (TPSA) is 24.9 Å². The molecule has 106 valence electrons. The van der Waals surface area contributed by atoms with E-state index in [-0.39, 0.29) is 17.4 Å². The van der Waals surface area contributed by atoms with Gasteiger partial charge in [0.25, 0.3) is 0 Å². The highest BCUT2D eigenvalue weighted by Gasteiger charge is 2.32. The average Bonchev–Trinajstić information content (AvgIpc) is 2.39. The first-order valence-corrected chi connectivity index (χ1v) is 5.96. The maximum atomic E-state index is 13.0. The van der Waals surface area contributed by atoms with E-state index in [2.05, 4.69) is 10.3 Å². The first-order chi connectivity index (χ1) is 9.36. The number of nitrogens with one attached hydrogen (secondary N) is 1. The SMILES string of the molecule is Fc1ccc(CNc2cccc(C(F)(F)F)n2)cc1Cl. The van der Waals surface area contributed by atoms with E-state index in [9.17, 15) is 17.6 Å². The average molecular weight is 305 g/mol. The van der Waals surface area contributed by atoms with Crippen LogP contribution in [-0.4, -0.2) is 4.98 Å². The minimum absolute atomic E-state index is 0.0405. The van der Waals surface area contributed by atoms with Gasteiger partial charge in [-0.25, -0.2) is 9.37 Å². The molecule has 0 atom stereocenters. The van der Waals surface area contributed by atoms with Crippen molar-refractivity contribution in [3.63, 3.8) is 0 Å². The van der Waals surface area contributed by atoms with Crippen LogP contribution >= 0.6 is 11.6 Å². The molecule has 0 fully saturated rings. The molecule has 1 heterocycles. The van der Waals surface area contributed by atoms with Gasteiger partial charge in [-0.05, 0) is 29.8 Å². The molecule has 2 aromatic rings. The summed E-state index contributed by atoms with van der Waals surface area (Å²) in [5.74, 6) is -0.465. The Kier molecular flexibility index (Phi) is 4.13. The smallest absolute Gasteiger partial charge is 0.366 e. The molecule has 1 aromatic heterocycles. The van der Waals surface area contributed by atoms with E-state index in [0.29, 0.717) is 5.56 Å². The fraction of sp³-hybridized carbons (Fsp3) is 0.154. The van der Waals surface area contributed by atoms with Crippen LogP contribution in [0.25, 0.3) is 0 Å². The molecule has 0 amide bonds. The zero-order valence-electron chi connectivity index (χ0n) is 10.0. The van der Waals surface area contributed by atoms with Crippen molar-refractivity contribution in [3.05, 3.63) is 58.5 Å². The molecular weight excluding hydrogens is 296 g/mol. The Balaban J connectivity index is 2.09. The Hall–Kier alpha value is -1.82. The summed E-state index contributed by atoms with van der Waals surface area (Å²) in [6.45, 7) is 0.189. The van der Waals surface area contributed by atoms with E-state index in [1.54, 1.807) is 0 Å². The van der Waals surface area contributed by atoms with E-state index in [0.717, 1.165) is 6.07 Å². The van der Waals surface area contributed by atoms with Gasteiger partial charge in [0.2, 0.25) is 0 Å². The number of halogens is 5. The molecule has 7 heteroatoms. The summed E-state index contributed by atoms with van der Waals surface area (Å²) in [5, 5.41) is 2.69. The molecule has 0 spiro atoms. The van der Waals surface area contributed by atoms with Crippen LogP contribution in [0.2, 0.25) is 5.02 Å². The van der Waals surface area contributed by atoms with Crippen molar-refractivity contribution in [3.8, 4) is 0 Å². The molecule has 0 saturated carbocycles. The lowest BCUT2D eigenvalue weighted by Crippen LogP contribution is -2.10. The van der Waals surface area contributed by atoms with Crippen LogP contribution < -0.4 is 5.32 Å². The molecule has 0 aliphatic heterocycles. The lowest BCUT2D eigenvalue weighted by molar-refractivity contribution is -0.141. The lowest BCUT2D eigenvalue weighted by Gasteiger charge is -2.09. The lowest BCUT2D eigenvalue weighted by atomic mass is 10.2. The van der Waals surface area contributed by atoms with Crippen molar-refractivity contribution >= 4 is 17.4 Å². The number of alkyl halides is 3. The zero-order valence-corrected chi connectivity index (χ0v) is 10.8. The van der Waals surface area contributed by atoms with Crippen molar-refractivity contribution in [2.24, 2.45) is 0 Å². The van der Waals surface area contributed by atoms with Gasteiger partial charge in [0, 0.05) is 6.54 Å². The molecule has 0 radical (unpaired) electrons. The van der Waals surface area contributed by atoms with Gasteiger partial charge in [-0.1, -0.05) is 23.7 Å². The number of rotatable bonds is 3. The van der Waals surface area contributed by atoms with Gasteiger partial charge < -0.3 is 5.32 Å². The molecule has 0 saturated heterocycles. The summed E-state index contributed by atoms with van der Waals surface area (Å²) < 4.78 is 50.4. The Morgan fingerprint density at radius 2 is 1.90 bits per heavy atom. The summed E-state index contributed by atoms with van der Waals surface area (Å²) in [5.41, 5.74) is -0.338. The van der Waals surface area contributed by atoms with E-state index in [1.165, 1.54) is 30.3 Å². The van der Waals surface area contributed by atoms with Crippen molar-refractivity contribution in [2.45, 2.75) is 12.7 Å². The van der Waals surface area contributed by atoms with Crippen molar-refractivity contribution in [1.29, 1.82) is 0 Å². The van der Waals surface area contributed by atoms with E-state index in [1.807, 2.05) is 0 Å². The van der Waals surface area contributed by atoms with Gasteiger partial charge in [-0.15, -0.1) is 0 Å². The quantitative estimate of drug-likeness (QED) is 0.844. The number of pyridine rings is 1. The maximum absolute atomic E-state index is 13.0. The minimum Gasteiger partial charge on any atom is -0.366 e. The van der Waals surface area contributed by atoms with Crippen LogP contribution in [-0.2, 0) is 12.7 Å². The van der Waals surface area contributed by atoms with E-state index >= 15 is 0 Å². The summed E-state index contributed by atoms with van der Waals surface area (Å²) in [6, 6.07) is 7.65. The highest BCUT2D eigenvalue weighted by Crippen LogP contribution is 2.28. The van der Waals surface area contributed by atoms with Gasteiger partial charge in [-0.2, -0.15) is 13.2 Å². The van der Waals surface area contributed by atoms with Gasteiger partial charge in [0.15, 0.2) is 0 Å². The second-order valence-corrected chi connectivity index (χ2v) is 4.42. The number of benzene rings is 1. The predicted molar refractivity (Wildman–Crippen MR) is 68.0 cm³/mol.